The summed E-state index contributed by atoms with van der Waals surface area (Å²) < 4.78 is 0. The molecule has 20 heavy (non-hydrogen) atoms. The number of nitrogens with one attached hydrogen (secondary N) is 1. The van der Waals surface area contributed by atoms with Crippen LogP contribution in [0, 0.1) is 5.92 Å². The molecule has 2 rings (SSSR count). The molecular formula is C17H29N3. The van der Waals surface area contributed by atoms with Crippen molar-refractivity contribution >= 4 is 0 Å². The van der Waals surface area contributed by atoms with E-state index in [9.17, 15) is 0 Å². The molecule has 1 fully saturated rings. The summed E-state index contributed by atoms with van der Waals surface area (Å²) in [4.78, 5) is 4.15. The van der Waals surface area contributed by atoms with E-state index in [0.29, 0.717) is 6.04 Å². The Bertz CT molecular complexity index is 347. The van der Waals surface area contributed by atoms with Gasteiger partial charge in [-0.05, 0) is 75.6 Å². The molecule has 1 aromatic heterocycles. The monoisotopic (exact) mass is 275 g/mol. The van der Waals surface area contributed by atoms with E-state index in [-0.39, 0.29) is 0 Å². The smallest absolute Gasteiger partial charge is 0.0299 e. The minimum Gasteiger partial charge on any atom is -0.328 e. The third-order valence-electron chi connectivity index (χ3n) is 4.35. The zero-order chi connectivity index (χ0) is 14.0. The first-order valence-corrected chi connectivity index (χ1v) is 8.20. The van der Waals surface area contributed by atoms with Crippen molar-refractivity contribution in [2.24, 2.45) is 11.7 Å². The Balaban J connectivity index is 1.50. The highest BCUT2D eigenvalue weighted by molar-refractivity contribution is 5.08. The van der Waals surface area contributed by atoms with Gasteiger partial charge in [0.25, 0.3) is 0 Å². The number of rotatable bonds is 8. The molecule has 2 heterocycles. The first kappa shape index (κ1) is 15.5. The lowest BCUT2D eigenvalue weighted by Gasteiger charge is -2.23. The lowest BCUT2D eigenvalue weighted by Crippen LogP contribution is -2.30. The third-order valence-corrected chi connectivity index (χ3v) is 4.35. The van der Waals surface area contributed by atoms with Gasteiger partial charge in [0.05, 0.1) is 0 Å². The average molecular weight is 275 g/mol. The van der Waals surface area contributed by atoms with Crippen LogP contribution in [0.5, 0.6) is 0 Å². The largest absolute Gasteiger partial charge is 0.328 e. The second-order valence-corrected chi connectivity index (χ2v) is 6.16. The van der Waals surface area contributed by atoms with Crippen molar-refractivity contribution in [3.05, 3.63) is 30.1 Å². The van der Waals surface area contributed by atoms with E-state index in [4.69, 9.17) is 5.73 Å². The van der Waals surface area contributed by atoms with Crippen LogP contribution >= 0.6 is 0 Å². The highest BCUT2D eigenvalue weighted by Crippen LogP contribution is 2.18. The quantitative estimate of drug-likeness (QED) is 0.767. The van der Waals surface area contributed by atoms with E-state index in [1.165, 1.54) is 57.2 Å². The summed E-state index contributed by atoms with van der Waals surface area (Å²) >= 11 is 0. The molecule has 1 aromatic rings. The van der Waals surface area contributed by atoms with Crippen LogP contribution < -0.4 is 11.1 Å². The van der Waals surface area contributed by atoms with Gasteiger partial charge >= 0.3 is 0 Å². The van der Waals surface area contributed by atoms with E-state index in [2.05, 4.69) is 16.4 Å². The lowest BCUT2D eigenvalue weighted by molar-refractivity contribution is 0.341. The van der Waals surface area contributed by atoms with Crippen molar-refractivity contribution in [1.29, 1.82) is 0 Å². The van der Waals surface area contributed by atoms with Crippen molar-refractivity contribution in [1.82, 2.24) is 10.3 Å². The summed E-state index contributed by atoms with van der Waals surface area (Å²) in [6.07, 6.45) is 13.8. The van der Waals surface area contributed by atoms with Crippen molar-refractivity contribution < 1.29 is 0 Å². The van der Waals surface area contributed by atoms with E-state index in [1.807, 2.05) is 18.5 Å². The number of piperidine rings is 1. The molecule has 0 amide bonds. The predicted octanol–water partition coefficient (Wildman–Crippen LogP) is 2.90. The van der Waals surface area contributed by atoms with Gasteiger partial charge in [0.1, 0.15) is 0 Å². The topological polar surface area (TPSA) is 50.9 Å². The van der Waals surface area contributed by atoms with Crippen LogP contribution in [0.25, 0.3) is 0 Å². The molecule has 0 saturated carbocycles. The molecule has 0 aromatic carbocycles. The fourth-order valence-electron chi connectivity index (χ4n) is 3.10. The molecule has 3 N–H and O–H groups in total. The van der Waals surface area contributed by atoms with Gasteiger partial charge in [0.2, 0.25) is 0 Å². The summed E-state index contributed by atoms with van der Waals surface area (Å²) in [5, 5.41) is 3.49. The highest BCUT2D eigenvalue weighted by Gasteiger charge is 2.13. The molecule has 112 valence electrons. The fraction of sp³-hybridized carbons (Fsp3) is 0.706. The molecule has 2 atom stereocenters. The Morgan fingerprint density at radius 2 is 2.25 bits per heavy atom. The normalized spacial score (nSPS) is 20.8. The van der Waals surface area contributed by atoms with Gasteiger partial charge in [0.15, 0.2) is 0 Å². The lowest BCUT2D eigenvalue weighted by atomic mass is 9.92. The molecular weight excluding hydrogens is 246 g/mol. The van der Waals surface area contributed by atoms with Crippen molar-refractivity contribution in [2.75, 3.05) is 13.1 Å². The summed E-state index contributed by atoms with van der Waals surface area (Å²) in [6, 6.07) is 4.53. The van der Waals surface area contributed by atoms with Crippen LogP contribution in [0.15, 0.2) is 24.5 Å². The van der Waals surface area contributed by atoms with E-state index in [0.717, 1.165) is 18.8 Å². The van der Waals surface area contributed by atoms with Crippen LogP contribution in [0.2, 0.25) is 0 Å². The standard InChI is InChI=1S/C17H29N3/c18-17(9-1-5-15-7-3-11-19-13-15)10-2-6-16-8-4-12-20-14-16/h3,7,11,13,16-17,20H,1-2,4-6,8-10,12,14,18H2. The number of pyridine rings is 1. The van der Waals surface area contributed by atoms with Gasteiger partial charge in [-0.2, -0.15) is 0 Å². The zero-order valence-corrected chi connectivity index (χ0v) is 12.6. The minimum atomic E-state index is 0.378. The number of nitrogens with zero attached hydrogens (tertiary/aromatic N) is 1. The van der Waals surface area contributed by atoms with Gasteiger partial charge in [0, 0.05) is 18.4 Å². The Morgan fingerprint density at radius 1 is 1.35 bits per heavy atom. The van der Waals surface area contributed by atoms with E-state index < -0.39 is 0 Å². The molecule has 3 nitrogen and oxygen atoms in total. The SMILES string of the molecule is NC(CCCc1cccnc1)CCCC1CCCNC1. The predicted molar refractivity (Wildman–Crippen MR) is 84.6 cm³/mol. The van der Waals surface area contributed by atoms with Crippen LogP contribution in [0.1, 0.15) is 50.5 Å². The van der Waals surface area contributed by atoms with Gasteiger partial charge in [-0.25, -0.2) is 0 Å². The summed E-state index contributed by atoms with van der Waals surface area (Å²) in [5.41, 5.74) is 7.55. The second-order valence-electron chi connectivity index (χ2n) is 6.16. The molecule has 1 saturated heterocycles. The Hall–Kier alpha value is -0.930. The zero-order valence-electron chi connectivity index (χ0n) is 12.6. The molecule has 1 aliphatic rings. The van der Waals surface area contributed by atoms with Crippen LogP contribution in [-0.2, 0) is 6.42 Å². The van der Waals surface area contributed by atoms with Crippen LogP contribution in [0.3, 0.4) is 0 Å². The van der Waals surface area contributed by atoms with Crippen molar-refractivity contribution in [3.8, 4) is 0 Å². The summed E-state index contributed by atoms with van der Waals surface area (Å²) in [6.45, 7) is 2.43. The molecule has 0 bridgehead atoms. The van der Waals surface area contributed by atoms with Gasteiger partial charge in [-0.1, -0.05) is 12.5 Å². The van der Waals surface area contributed by atoms with Crippen LogP contribution in [-0.4, -0.2) is 24.1 Å². The first-order chi connectivity index (χ1) is 9.84. The van der Waals surface area contributed by atoms with Gasteiger partial charge in [-0.15, -0.1) is 0 Å². The molecule has 0 aliphatic carbocycles. The molecule has 3 heteroatoms. The number of hydrogen-bond donors (Lipinski definition) is 2. The number of nitrogens with two attached hydrogens (primary N) is 1. The maximum absolute atomic E-state index is 6.22. The summed E-state index contributed by atoms with van der Waals surface area (Å²) in [5.74, 6) is 0.895. The van der Waals surface area contributed by atoms with Gasteiger partial charge < -0.3 is 11.1 Å². The molecule has 2 unspecified atom stereocenters. The van der Waals surface area contributed by atoms with Gasteiger partial charge in [-0.3, -0.25) is 4.98 Å². The van der Waals surface area contributed by atoms with E-state index >= 15 is 0 Å². The van der Waals surface area contributed by atoms with Crippen LogP contribution in [0.4, 0.5) is 0 Å². The Morgan fingerprint density at radius 3 is 3.00 bits per heavy atom. The first-order valence-electron chi connectivity index (χ1n) is 8.20. The van der Waals surface area contributed by atoms with E-state index in [1.54, 1.807) is 0 Å². The number of aryl methyl sites for hydroxylation is 1. The Labute approximate surface area is 123 Å². The Kier molecular flexibility index (Phi) is 7.02. The molecule has 0 spiro atoms. The maximum Gasteiger partial charge on any atom is 0.0299 e. The average Bonchev–Trinajstić information content (AvgIpc) is 2.49. The molecule has 1 aliphatic heterocycles. The second kappa shape index (κ2) is 9.09. The van der Waals surface area contributed by atoms with Crippen molar-refractivity contribution in [2.45, 2.75) is 57.4 Å². The summed E-state index contributed by atoms with van der Waals surface area (Å²) in [7, 11) is 0. The number of hydrogen-bond acceptors (Lipinski definition) is 3. The number of aromatic nitrogens is 1. The van der Waals surface area contributed by atoms with Crippen molar-refractivity contribution in [3.63, 3.8) is 0 Å². The third kappa shape index (κ3) is 6.02. The minimum absolute atomic E-state index is 0.378. The fourth-order valence-corrected chi connectivity index (χ4v) is 3.10. The molecule has 0 radical (unpaired) electrons. The highest BCUT2D eigenvalue weighted by atomic mass is 14.9. The maximum atomic E-state index is 6.22.